The van der Waals surface area contributed by atoms with Crippen LogP contribution in [-0.4, -0.2) is 27.6 Å². The maximum Gasteiger partial charge on any atom is 0.119 e. The van der Waals surface area contributed by atoms with Crippen LogP contribution < -0.4 is 10.5 Å². The van der Waals surface area contributed by atoms with Gasteiger partial charge in [0.05, 0.1) is 18.3 Å². The summed E-state index contributed by atoms with van der Waals surface area (Å²) in [7, 11) is 0. The molecule has 2 aromatic rings. The smallest absolute Gasteiger partial charge is 0.119 e. The molecule has 0 amide bonds. The molecular weight excluding hydrogens is 240 g/mol. The van der Waals surface area contributed by atoms with Crippen molar-refractivity contribution >= 4 is 0 Å². The standard InChI is InChI=1S/C14H18N4O/c15-11-8-13(9-11)18-10-12(16-17-18)6-7-19-14-4-2-1-3-5-14/h1-5,10-11,13H,6-9,15H2. The lowest BCUT2D eigenvalue weighted by atomic mass is 9.88. The maximum absolute atomic E-state index is 5.78. The van der Waals surface area contributed by atoms with E-state index in [1.807, 2.05) is 41.2 Å². The lowest BCUT2D eigenvalue weighted by molar-refractivity contribution is 0.243. The zero-order valence-corrected chi connectivity index (χ0v) is 10.8. The second-order valence-electron chi connectivity index (χ2n) is 4.99. The van der Waals surface area contributed by atoms with Gasteiger partial charge in [0.15, 0.2) is 0 Å². The Morgan fingerprint density at radius 2 is 2.05 bits per heavy atom. The molecule has 1 saturated carbocycles. The van der Waals surface area contributed by atoms with Crippen molar-refractivity contribution in [1.29, 1.82) is 0 Å². The average Bonchev–Trinajstić information content (AvgIpc) is 2.85. The normalized spacial score (nSPS) is 21.9. The van der Waals surface area contributed by atoms with Crippen molar-refractivity contribution in [3.63, 3.8) is 0 Å². The number of hydrogen-bond donors (Lipinski definition) is 1. The third kappa shape index (κ3) is 2.93. The molecule has 5 heteroatoms. The Morgan fingerprint density at radius 3 is 2.79 bits per heavy atom. The maximum atomic E-state index is 5.78. The molecule has 1 aromatic carbocycles. The van der Waals surface area contributed by atoms with Crippen LogP contribution in [0.25, 0.3) is 0 Å². The highest BCUT2D eigenvalue weighted by Crippen LogP contribution is 2.29. The van der Waals surface area contributed by atoms with Crippen molar-refractivity contribution in [3.05, 3.63) is 42.2 Å². The third-order valence-corrected chi connectivity index (χ3v) is 3.45. The van der Waals surface area contributed by atoms with Gasteiger partial charge in [-0.3, -0.25) is 0 Å². The fourth-order valence-electron chi connectivity index (χ4n) is 2.24. The van der Waals surface area contributed by atoms with Crippen molar-refractivity contribution in [2.75, 3.05) is 6.61 Å². The first-order chi connectivity index (χ1) is 9.31. The molecule has 0 spiro atoms. The number of ether oxygens (including phenoxy) is 1. The van der Waals surface area contributed by atoms with Crippen molar-refractivity contribution < 1.29 is 4.74 Å². The first kappa shape index (κ1) is 12.2. The number of rotatable bonds is 5. The highest BCUT2D eigenvalue weighted by Gasteiger charge is 2.28. The minimum absolute atomic E-state index is 0.332. The van der Waals surface area contributed by atoms with E-state index in [-0.39, 0.29) is 0 Å². The Kier molecular flexibility index (Phi) is 3.46. The Bertz CT molecular complexity index is 519. The van der Waals surface area contributed by atoms with E-state index in [0.717, 1.165) is 30.7 Å². The number of hydrogen-bond acceptors (Lipinski definition) is 4. The van der Waals surface area contributed by atoms with Crippen LogP contribution in [0.2, 0.25) is 0 Å². The van der Waals surface area contributed by atoms with E-state index in [0.29, 0.717) is 18.7 Å². The van der Waals surface area contributed by atoms with Gasteiger partial charge in [0.25, 0.3) is 0 Å². The molecule has 0 radical (unpaired) electrons. The lowest BCUT2D eigenvalue weighted by Gasteiger charge is -2.31. The molecule has 19 heavy (non-hydrogen) atoms. The van der Waals surface area contributed by atoms with Gasteiger partial charge < -0.3 is 10.5 Å². The Morgan fingerprint density at radius 1 is 1.26 bits per heavy atom. The first-order valence-corrected chi connectivity index (χ1v) is 6.65. The quantitative estimate of drug-likeness (QED) is 0.884. The number of nitrogens with zero attached hydrogens (tertiary/aromatic N) is 3. The van der Waals surface area contributed by atoms with Crippen LogP contribution >= 0.6 is 0 Å². The molecule has 1 fully saturated rings. The molecule has 1 aliphatic rings. The van der Waals surface area contributed by atoms with E-state index in [1.54, 1.807) is 0 Å². The molecule has 0 atom stereocenters. The predicted octanol–water partition coefficient (Wildman–Crippen LogP) is 1.56. The van der Waals surface area contributed by atoms with Crippen LogP contribution in [0.4, 0.5) is 0 Å². The van der Waals surface area contributed by atoms with Crippen molar-refractivity contribution in [2.45, 2.75) is 31.3 Å². The van der Waals surface area contributed by atoms with Gasteiger partial charge in [0, 0.05) is 18.7 Å². The molecule has 1 heterocycles. The number of aromatic nitrogens is 3. The average molecular weight is 258 g/mol. The first-order valence-electron chi connectivity index (χ1n) is 6.65. The fourth-order valence-corrected chi connectivity index (χ4v) is 2.24. The Labute approximate surface area is 112 Å². The summed E-state index contributed by atoms with van der Waals surface area (Å²) < 4.78 is 7.57. The highest BCUT2D eigenvalue weighted by atomic mass is 16.5. The molecule has 3 rings (SSSR count). The second kappa shape index (κ2) is 5.40. The molecular formula is C14H18N4O. The van der Waals surface area contributed by atoms with Crippen molar-refractivity contribution in [2.24, 2.45) is 5.73 Å². The third-order valence-electron chi connectivity index (χ3n) is 3.45. The number of benzene rings is 1. The monoisotopic (exact) mass is 258 g/mol. The van der Waals surface area contributed by atoms with Crippen LogP contribution in [0, 0.1) is 0 Å². The van der Waals surface area contributed by atoms with Gasteiger partial charge in [-0.05, 0) is 25.0 Å². The van der Waals surface area contributed by atoms with Crippen molar-refractivity contribution in [3.8, 4) is 5.75 Å². The summed E-state index contributed by atoms with van der Waals surface area (Å²) in [4.78, 5) is 0. The molecule has 5 nitrogen and oxygen atoms in total. The largest absolute Gasteiger partial charge is 0.493 e. The molecule has 1 aromatic heterocycles. The second-order valence-corrected chi connectivity index (χ2v) is 4.99. The van der Waals surface area contributed by atoms with Crippen LogP contribution in [-0.2, 0) is 6.42 Å². The van der Waals surface area contributed by atoms with Gasteiger partial charge in [-0.25, -0.2) is 4.68 Å². The van der Waals surface area contributed by atoms with Crippen LogP contribution in [0.15, 0.2) is 36.5 Å². The molecule has 100 valence electrons. The van der Waals surface area contributed by atoms with Gasteiger partial charge >= 0.3 is 0 Å². The van der Waals surface area contributed by atoms with E-state index in [9.17, 15) is 0 Å². The molecule has 0 bridgehead atoms. The highest BCUT2D eigenvalue weighted by molar-refractivity contribution is 5.20. The number of para-hydroxylation sites is 1. The fraction of sp³-hybridized carbons (Fsp3) is 0.429. The van der Waals surface area contributed by atoms with Crippen molar-refractivity contribution in [1.82, 2.24) is 15.0 Å². The Balaban J connectivity index is 1.48. The number of nitrogens with two attached hydrogens (primary N) is 1. The van der Waals surface area contributed by atoms with Gasteiger partial charge in [-0.1, -0.05) is 23.4 Å². The van der Waals surface area contributed by atoms with Gasteiger partial charge in [0.1, 0.15) is 5.75 Å². The molecule has 0 aliphatic heterocycles. The summed E-state index contributed by atoms with van der Waals surface area (Å²) in [5.74, 6) is 0.889. The summed E-state index contributed by atoms with van der Waals surface area (Å²) in [6.45, 7) is 0.618. The van der Waals surface area contributed by atoms with Crippen LogP contribution in [0.1, 0.15) is 24.6 Å². The van der Waals surface area contributed by atoms with Gasteiger partial charge in [0.2, 0.25) is 0 Å². The van der Waals surface area contributed by atoms with E-state index in [1.165, 1.54) is 0 Å². The minimum Gasteiger partial charge on any atom is -0.493 e. The molecule has 0 saturated heterocycles. The molecule has 0 unspecified atom stereocenters. The van der Waals surface area contributed by atoms with E-state index < -0.39 is 0 Å². The van der Waals surface area contributed by atoms with E-state index >= 15 is 0 Å². The van der Waals surface area contributed by atoms with E-state index in [2.05, 4.69) is 10.3 Å². The summed E-state index contributed by atoms with van der Waals surface area (Å²) in [6.07, 6.45) is 4.78. The molecule has 2 N–H and O–H groups in total. The topological polar surface area (TPSA) is 66.0 Å². The minimum atomic E-state index is 0.332. The molecule has 1 aliphatic carbocycles. The Hall–Kier alpha value is -1.88. The zero-order valence-electron chi connectivity index (χ0n) is 10.8. The van der Waals surface area contributed by atoms with Crippen LogP contribution in [0.3, 0.4) is 0 Å². The predicted molar refractivity (Wildman–Crippen MR) is 71.9 cm³/mol. The lowest BCUT2D eigenvalue weighted by Crippen LogP contribution is -2.37. The van der Waals surface area contributed by atoms with E-state index in [4.69, 9.17) is 10.5 Å². The zero-order chi connectivity index (χ0) is 13.1. The van der Waals surface area contributed by atoms with Gasteiger partial charge in [-0.15, -0.1) is 5.10 Å². The summed E-state index contributed by atoms with van der Waals surface area (Å²) >= 11 is 0. The van der Waals surface area contributed by atoms with Gasteiger partial charge in [-0.2, -0.15) is 0 Å². The SMILES string of the molecule is NC1CC(n2cc(CCOc3ccccc3)nn2)C1. The summed E-state index contributed by atoms with van der Waals surface area (Å²) in [5, 5.41) is 8.32. The van der Waals surface area contributed by atoms with Crippen LogP contribution in [0.5, 0.6) is 5.75 Å². The summed E-state index contributed by atoms with van der Waals surface area (Å²) in [6, 6.07) is 10.6. The summed E-state index contributed by atoms with van der Waals surface area (Å²) in [5.41, 5.74) is 6.75.